The van der Waals surface area contributed by atoms with Crippen molar-refractivity contribution in [3.8, 4) is 0 Å². The number of aliphatic carboxylic acids is 1. The van der Waals surface area contributed by atoms with Crippen molar-refractivity contribution in [2.45, 2.75) is 6.54 Å². The number of carboxylic acid groups (broad SMARTS) is 1. The van der Waals surface area contributed by atoms with Gasteiger partial charge in [0.2, 0.25) is 0 Å². The Kier molecular flexibility index (Phi) is 4.39. The number of H-pyrrole nitrogens is 1. The lowest BCUT2D eigenvalue weighted by molar-refractivity contribution is -0.131. The zero-order chi connectivity index (χ0) is 15.2. The molecule has 0 fully saturated rings. The van der Waals surface area contributed by atoms with Crippen molar-refractivity contribution in [3.05, 3.63) is 47.8 Å². The molecule has 0 atom stereocenters. The predicted molar refractivity (Wildman–Crippen MR) is 73.1 cm³/mol. The zero-order valence-corrected chi connectivity index (χ0v) is 11.2. The third-order valence-electron chi connectivity index (χ3n) is 2.69. The fraction of sp³-hybridized carbons (Fsp3) is 0.154. The minimum absolute atomic E-state index is 0.265. The molecule has 0 bridgehead atoms. The van der Waals surface area contributed by atoms with Crippen molar-refractivity contribution in [1.29, 1.82) is 0 Å². The van der Waals surface area contributed by atoms with Crippen LogP contribution in [0.25, 0.3) is 6.08 Å². The fourth-order valence-corrected chi connectivity index (χ4v) is 1.70. The monoisotopic (exact) mass is 287 g/mol. The maximum Gasteiger partial charge on any atom is 0.328 e. The van der Waals surface area contributed by atoms with Gasteiger partial charge in [0, 0.05) is 36.6 Å². The summed E-state index contributed by atoms with van der Waals surface area (Å²) in [6.07, 6.45) is 6.58. The van der Waals surface area contributed by atoms with Gasteiger partial charge in [-0.05, 0) is 12.1 Å². The van der Waals surface area contributed by atoms with E-state index >= 15 is 0 Å². The highest BCUT2D eigenvalue weighted by molar-refractivity contribution is 5.98. The maximum absolute atomic E-state index is 12.4. The molecule has 8 heteroatoms. The van der Waals surface area contributed by atoms with E-state index < -0.39 is 5.97 Å². The second-order valence-electron chi connectivity index (χ2n) is 4.23. The minimum Gasteiger partial charge on any atom is -0.478 e. The number of aromatic nitrogens is 4. The summed E-state index contributed by atoms with van der Waals surface area (Å²) in [5.41, 5.74) is 0.804. The van der Waals surface area contributed by atoms with Crippen molar-refractivity contribution in [2.75, 3.05) is 7.05 Å². The van der Waals surface area contributed by atoms with Gasteiger partial charge in [-0.3, -0.25) is 14.9 Å². The van der Waals surface area contributed by atoms with Gasteiger partial charge in [0.15, 0.2) is 0 Å². The van der Waals surface area contributed by atoms with Gasteiger partial charge in [-0.25, -0.2) is 9.78 Å². The maximum atomic E-state index is 12.4. The molecular weight excluding hydrogens is 274 g/mol. The Balaban J connectivity index is 2.20. The molecule has 0 spiro atoms. The number of aromatic amines is 1. The average Bonchev–Trinajstić information content (AvgIpc) is 2.97. The molecular formula is C13H13N5O3. The number of hydrogen-bond acceptors (Lipinski definition) is 5. The van der Waals surface area contributed by atoms with Crippen molar-refractivity contribution in [1.82, 2.24) is 25.1 Å². The first-order chi connectivity index (χ1) is 10.1. The largest absolute Gasteiger partial charge is 0.478 e. The topological polar surface area (TPSA) is 112 Å². The number of amides is 1. The molecule has 2 rings (SSSR count). The number of hydrogen-bond donors (Lipinski definition) is 2. The third kappa shape index (κ3) is 3.72. The van der Waals surface area contributed by atoms with E-state index in [0.29, 0.717) is 17.0 Å². The Hall–Kier alpha value is -3.03. The van der Waals surface area contributed by atoms with Gasteiger partial charge in [-0.2, -0.15) is 5.10 Å². The van der Waals surface area contributed by atoms with Gasteiger partial charge < -0.3 is 10.0 Å². The molecule has 21 heavy (non-hydrogen) atoms. The van der Waals surface area contributed by atoms with Crippen LogP contribution in [-0.4, -0.2) is 49.1 Å². The number of carbonyl (C=O) groups excluding carboxylic acids is 1. The van der Waals surface area contributed by atoms with Gasteiger partial charge in [-0.1, -0.05) is 0 Å². The van der Waals surface area contributed by atoms with Crippen LogP contribution in [0.4, 0.5) is 0 Å². The van der Waals surface area contributed by atoms with Crippen molar-refractivity contribution >= 4 is 18.0 Å². The van der Waals surface area contributed by atoms with Crippen LogP contribution in [0, 0.1) is 0 Å². The summed E-state index contributed by atoms with van der Waals surface area (Å²) in [4.78, 5) is 32.3. The summed E-state index contributed by atoms with van der Waals surface area (Å²) in [7, 11) is 1.62. The van der Waals surface area contributed by atoms with E-state index in [0.717, 1.165) is 6.08 Å². The first-order valence-electron chi connectivity index (χ1n) is 6.02. The lowest BCUT2D eigenvalue weighted by Gasteiger charge is -2.16. The highest BCUT2D eigenvalue weighted by Gasteiger charge is 2.16. The van der Waals surface area contributed by atoms with E-state index in [2.05, 4.69) is 20.2 Å². The summed E-state index contributed by atoms with van der Waals surface area (Å²) in [5, 5.41) is 15.0. The Bertz CT molecular complexity index is 666. The summed E-state index contributed by atoms with van der Waals surface area (Å²) >= 11 is 0. The van der Waals surface area contributed by atoms with E-state index in [4.69, 9.17) is 5.11 Å². The Morgan fingerprint density at radius 2 is 2.29 bits per heavy atom. The zero-order valence-electron chi connectivity index (χ0n) is 11.2. The minimum atomic E-state index is -1.09. The summed E-state index contributed by atoms with van der Waals surface area (Å²) < 4.78 is 0. The number of nitrogens with zero attached hydrogens (tertiary/aromatic N) is 4. The highest BCUT2D eigenvalue weighted by atomic mass is 16.4. The summed E-state index contributed by atoms with van der Waals surface area (Å²) in [6.45, 7) is 0.267. The molecule has 2 aromatic rings. The number of rotatable bonds is 5. The van der Waals surface area contributed by atoms with E-state index in [1.807, 2.05) is 0 Å². The average molecular weight is 287 g/mol. The van der Waals surface area contributed by atoms with Gasteiger partial charge in [0.1, 0.15) is 12.2 Å². The Labute approximate surface area is 120 Å². The predicted octanol–water partition coefficient (Wildman–Crippen LogP) is 0.570. The SMILES string of the molecule is CN(Cc1ncn[nH]1)C(=O)c1ccncc1C=CC(=O)O. The van der Waals surface area contributed by atoms with Crippen LogP contribution in [0.2, 0.25) is 0 Å². The summed E-state index contributed by atoms with van der Waals surface area (Å²) in [5.74, 6) is -0.798. The molecule has 0 saturated heterocycles. The van der Waals surface area contributed by atoms with Crippen LogP contribution in [0.5, 0.6) is 0 Å². The number of nitrogens with one attached hydrogen (secondary N) is 1. The van der Waals surface area contributed by atoms with Crippen LogP contribution in [0.1, 0.15) is 21.7 Å². The van der Waals surface area contributed by atoms with Crippen LogP contribution in [0.3, 0.4) is 0 Å². The van der Waals surface area contributed by atoms with E-state index in [-0.39, 0.29) is 12.5 Å². The highest BCUT2D eigenvalue weighted by Crippen LogP contribution is 2.12. The smallest absolute Gasteiger partial charge is 0.328 e. The molecule has 0 radical (unpaired) electrons. The molecule has 0 unspecified atom stereocenters. The van der Waals surface area contributed by atoms with Crippen LogP contribution < -0.4 is 0 Å². The van der Waals surface area contributed by atoms with Crippen LogP contribution >= 0.6 is 0 Å². The van der Waals surface area contributed by atoms with Crippen LogP contribution in [-0.2, 0) is 11.3 Å². The first-order valence-corrected chi connectivity index (χ1v) is 6.02. The quantitative estimate of drug-likeness (QED) is 0.777. The van der Waals surface area contributed by atoms with Crippen molar-refractivity contribution in [3.63, 3.8) is 0 Å². The van der Waals surface area contributed by atoms with Gasteiger partial charge in [0.25, 0.3) is 5.91 Å². The molecule has 0 saturated carbocycles. The number of pyridine rings is 1. The van der Waals surface area contributed by atoms with Crippen molar-refractivity contribution < 1.29 is 14.7 Å². The molecule has 108 valence electrons. The second kappa shape index (κ2) is 6.42. The van der Waals surface area contributed by atoms with Gasteiger partial charge in [-0.15, -0.1) is 0 Å². The molecule has 2 N–H and O–H groups in total. The molecule has 8 nitrogen and oxygen atoms in total. The fourth-order valence-electron chi connectivity index (χ4n) is 1.70. The van der Waals surface area contributed by atoms with Crippen molar-refractivity contribution in [2.24, 2.45) is 0 Å². The van der Waals surface area contributed by atoms with Gasteiger partial charge in [0.05, 0.1) is 6.54 Å². The number of carboxylic acids is 1. The van der Waals surface area contributed by atoms with E-state index in [1.165, 1.54) is 29.7 Å². The molecule has 0 aromatic carbocycles. The standard InChI is InChI=1S/C13H13N5O3/c1-18(7-11-15-8-16-17-11)13(21)10-4-5-14-6-9(10)2-3-12(19)20/h2-6,8H,7H2,1H3,(H,19,20)(H,15,16,17). The number of carbonyl (C=O) groups is 2. The van der Waals surface area contributed by atoms with E-state index in [9.17, 15) is 9.59 Å². The second-order valence-corrected chi connectivity index (χ2v) is 4.23. The van der Waals surface area contributed by atoms with E-state index in [1.54, 1.807) is 13.1 Å². The molecule has 2 heterocycles. The van der Waals surface area contributed by atoms with Crippen LogP contribution in [0.15, 0.2) is 30.9 Å². The summed E-state index contributed by atoms with van der Waals surface area (Å²) in [6, 6.07) is 1.54. The first kappa shape index (κ1) is 14.4. The molecule has 1 amide bonds. The third-order valence-corrected chi connectivity index (χ3v) is 2.69. The Morgan fingerprint density at radius 1 is 1.48 bits per heavy atom. The molecule has 0 aliphatic rings. The lowest BCUT2D eigenvalue weighted by atomic mass is 10.1. The molecule has 0 aliphatic heterocycles. The molecule has 2 aromatic heterocycles. The Morgan fingerprint density at radius 3 is 2.95 bits per heavy atom. The lowest BCUT2D eigenvalue weighted by Crippen LogP contribution is -2.27. The van der Waals surface area contributed by atoms with Gasteiger partial charge >= 0.3 is 5.97 Å². The normalized spacial score (nSPS) is 10.7. The molecule has 0 aliphatic carbocycles.